The molecule has 12 heavy (non-hydrogen) atoms. The second-order valence-electron chi connectivity index (χ2n) is 2.03. The highest BCUT2D eigenvalue weighted by atomic mass is 79.9. The van der Waals surface area contributed by atoms with Crippen LogP contribution in [0.2, 0.25) is 5.02 Å². The predicted octanol–water partition coefficient (Wildman–Crippen LogP) is 4.24. The Kier molecular flexibility index (Phi) is 3.58. The van der Waals surface area contributed by atoms with Crippen LogP contribution in [0, 0.1) is 0 Å². The summed E-state index contributed by atoms with van der Waals surface area (Å²) in [5, 5.41) is -0.0709. The molecule has 0 saturated heterocycles. The van der Waals surface area contributed by atoms with Crippen LogP contribution in [0.1, 0.15) is 10.4 Å². The number of hydrogen-bond donors (Lipinski definition) is 0. The molecule has 0 fully saturated rings. The minimum Gasteiger partial charge on any atom is -0.276 e. The summed E-state index contributed by atoms with van der Waals surface area (Å²) in [4.78, 5) is 10.7. The lowest BCUT2D eigenvalue weighted by Crippen LogP contribution is -1.88. The van der Waals surface area contributed by atoms with Crippen molar-refractivity contribution in [1.29, 1.82) is 0 Å². The molecule has 0 saturated carbocycles. The first-order chi connectivity index (χ1) is 5.52. The van der Waals surface area contributed by atoms with Gasteiger partial charge in [-0.2, -0.15) is 0 Å². The van der Waals surface area contributed by atoms with Gasteiger partial charge in [0.25, 0.3) is 5.24 Å². The van der Waals surface area contributed by atoms with Crippen molar-refractivity contribution in [2.24, 2.45) is 0 Å². The molecular weight excluding hydrogens is 331 g/mol. The zero-order valence-corrected chi connectivity index (χ0v) is 10.3. The largest absolute Gasteiger partial charge is 0.276 e. The van der Waals surface area contributed by atoms with Crippen molar-refractivity contribution in [3.8, 4) is 0 Å². The van der Waals surface area contributed by atoms with Gasteiger partial charge in [-0.15, -0.1) is 0 Å². The lowest BCUT2D eigenvalue weighted by atomic mass is 10.2. The Hall–Kier alpha value is 0.430. The molecule has 1 nitrogen and oxygen atoms in total. The fourth-order valence-electron chi connectivity index (χ4n) is 0.669. The molecule has 0 N–H and O–H groups in total. The normalized spacial score (nSPS) is 10.0. The summed E-state index contributed by atoms with van der Waals surface area (Å²) >= 11 is 17.5. The predicted molar refractivity (Wildman–Crippen MR) is 57.0 cm³/mol. The average molecular weight is 333 g/mol. The highest BCUT2D eigenvalue weighted by Crippen LogP contribution is 2.32. The van der Waals surface area contributed by atoms with E-state index < -0.39 is 5.24 Å². The number of halogens is 4. The van der Waals surface area contributed by atoms with Crippen LogP contribution >= 0.6 is 55.1 Å². The topological polar surface area (TPSA) is 17.1 Å². The summed E-state index contributed by atoms with van der Waals surface area (Å²) in [6.45, 7) is 0. The molecule has 0 radical (unpaired) electrons. The van der Waals surface area contributed by atoms with Gasteiger partial charge in [0, 0.05) is 10.0 Å². The first kappa shape index (κ1) is 10.5. The SMILES string of the molecule is O=C(Cl)c1cc(Cl)c(Br)c(Br)c1. The standard InChI is InChI=1S/C7H2Br2Cl2O/c8-4-1-3(7(11)12)2-5(10)6(4)9/h1-2H. The van der Waals surface area contributed by atoms with Gasteiger partial charge < -0.3 is 0 Å². The quantitative estimate of drug-likeness (QED) is 0.555. The zero-order chi connectivity index (χ0) is 9.30. The van der Waals surface area contributed by atoms with Gasteiger partial charge >= 0.3 is 0 Å². The monoisotopic (exact) mass is 330 g/mol. The fourth-order valence-corrected chi connectivity index (χ4v) is 1.80. The molecular formula is C7H2Br2Cl2O. The molecule has 0 amide bonds. The van der Waals surface area contributed by atoms with Gasteiger partial charge in [-0.05, 0) is 55.6 Å². The van der Waals surface area contributed by atoms with E-state index in [1.807, 2.05) is 0 Å². The maximum absolute atomic E-state index is 10.7. The Bertz CT molecular complexity index is 315. The fraction of sp³-hybridized carbons (Fsp3) is 0. The Morgan fingerprint density at radius 3 is 2.33 bits per heavy atom. The van der Waals surface area contributed by atoms with E-state index in [2.05, 4.69) is 31.9 Å². The Morgan fingerprint density at radius 1 is 1.33 bits per heavy atom. The molecule has 0 aliphatic rings. The Morgan fingerprint density at radius 2 is 1.92 bits per heavy atom. The first-order valence-corrected chi connectivity index (χ1v) is 5.21. The number of benzene rings is 1. The number of carbonyl (C=O) groups excluding carboxylic acids is 1. The van der Waals surface area contributed by atoms with Gasteiger partial charge in [-0.3, -0.25) is 4.79 Å². The summed E-state index contributed by atoms with van der Waals surface area (Å²) < 4.78 is 1.42. The smallest absolute Gasteiger partial charge is 0.252 e. The second kappa shape index (κ2) is 4.09. The van der Waals surface area contributed by atoms with Crippen LogP contribution in [0.15, 0.2) is 21.1 Å². The molecule has 64 valence electrons. The lowest BCUT2D eigenvalue weighted by Gasteiger charge is -2.00. The first-order valence-electron chi connectivity index (χ1n) is 2.86. The molecule has 0 heterocycles. The van der Waals surface area contributed by atoms with Crippen LogP contribution in [-0.4, -0.2) is 5.24 Å². The van der Waals surface area contributed by atoms with Crippen LogP contribution in [0.4, 0.5) is 0 Å². The lowest BCUT2D eigenvalue weighted by molar-refractivity contribution is 0.108. The van der Waals surface area contributed by atoms with Crippen LogP contribution in [0.25, 0.3) is 0 Å². The molecule has 0 aliphatic carbocycles. The minimum atomic E-state index is -0.523. The van der Waals surface area contributed by atoms with E-state index in [1.54, 1.807) is 6.07 Å². The van der Waals surface area contributed by atoms with Crippen LogP contribution in [0.5, 0.6) is 0 Å². The number of carbonyl (C=O) groups is 1. The van der Waals surface area contributed by atoms with Crippen molar-refractivity contribution in [2.45, 2.75) is 0 Å². The zero-order valence-electron chi connectivity index (χ0n) is 5.57. The van der Waals surface area contributed by atoms with E-state index in [-0.39, 0.29) is 0 Å². The maximum Gasteiger partial charge on any atom is 0.252 e. The minimum absolute atomic E-state index is 0.372. The van der Waals surface area contributed by atoms with Gasteiger partial charge in [-0.1, -0.05) is 11.6 Å². The van der Waals surface area contributed by atoms with E-state index in [1.165, 1.54) is 6.07 Å². The van der Waals surface area contributed by atoms with Crippen LogP contribution < -0.4 is 0 Å². The van der Waals surface area contributed by atoms with E-state index in [0.717, 1.165) is 0 Å². The third kappa shape index (κ3) is 2.22. The summed E-state index contributed by atoms with van der Waals surface area (Å²) in [6.07, 6.45) is 0. The van der Waals surface area contributed by atoms with Gasteiger partial charge in [-0.25, -0.2) is 0 Å². The Labute approximate surface area is 96.3 Å². The second-order valence-corrected chi connectivity index (χ2v) is 4.43. The van der Waals surface area contributed by atoms with Crippen molar-refractivity contribution < 1.29 is 4.79 Å². The van der Waals surface area contributed by atoms with Crippen molar-refractivity contribution in [1.82, 2.24) is 0 Å². The molecule has 5 heteroatoms. The van der Waals surface area contributed by atoms with Crippen molar-refractivity contribution >= 4 is 60.3 Å². The molecule has 0 bridgehead atoms. The van der Waals surface area contributed by atoms with E-state index >= 15 is 0 Å². The highest BCUT2D eigenvalue weighted by Gasteiger charge is 2.08. The molecule has 1 aromatic rings. The third-order valence-electron chi connectivity index (χ3n) is 1.21. The molecule has 0 unspecified atom stereocenters. The van der Waals surface area contributed by atoms with Crippen molar-refractivity contribution in [3.63, 3.8) is 0 Å². The highest BCUT2D eigenvalue weighted by molar-refractivity contribution is 9.13. The van der Waals surface area contributed by atoms with Crippen LogP contribution in [-0.2, 0) is 0 Å². The van der Waals surface area contributed by atoms with Crippen molar-refractivity contribution in [3.05, 3.63) is 31.7 Å². The summed E-state index contributed by atoms with van der Waals surface area (Å²) in [5.74, 6) is 0. The van der Waals surface area contributed by atoms with Gasteiger partial charge in [0.05, 0.1) is 9.50 Å². The summed E-state index contributed by atoms with van der Waals surface area (Å²) in [7, 11) is 0. The van der Waals surface area contributed by atoms with E-state index in [9.17, 15) is 4.79 Å². The van der Waals surface area contributed by atoms with Crippen molar-refractivity contribution in [2.75, 3.05) is 0 Å². The summed E-state index contributed by atoms with van der Waals surface area (Å²) in [6, 6.07) is 3.11. The van der Waals surface area contributed by atoms with E-state index in [4.69, 9.17) is 23.2 Å². The number of rotatable bonds is 1. The molecule has 1 rings (SSSR count). The molecule has 0 atom stereocenters. The van der Waals surface area contributed by atoms with Gasteiger partial charge in [0.1, 0.15) is 0 Å². The number of hydrogen-bond acceptors (Lipinski definition) is 1. The van der Waals surface area contributed by atoms with Crippen LogP contribution in [0.3, 0.4) is 0 Å². The van der Waals surface area contributed by atoms with E-state index in [0.29, 0.717) is 19.5 Å². The molecule has 0 aromatic heterocycles. The molecule has 1 aromatic carbocycles. The van der Waals surface area contributed by atoms with Gasteiger partial charge in [0.2, 0.25) is 0 Å². The maximum atomic E-state index is 10.7. The third-order valence-corrected chi connectivity index (χ3v) is 3.97. The molecule has 0 aliphatic heterocycles. The Balaban J connectivity index is 3.31. The average Bonchev–Trinajstić information content (AvgIpc) is 1.99. The van der Waals surface area contributed by atoms with Gasteiger partial charge in [0.15, 0.2) is 0 Å². The molecule has 0 spiro atoms. The summed E-state index contributed by atoms with van der Waals surface area (Å²) in [5.41, 5.74) is 0.372.